The summed E-state index contributed by atoms with van der Waals surface area (Å²) in [4.78, 5) is 11.8. The molecule has 158 valence electrons. The zero-order valence-corrected chi connectivity index (χ0v) is 17.7. The maximum Gasteiger partial charge on any atom is 0.285 e. The van der Waals surface area contributed by atoms with Crippen molar-refractivity contribution < 1.29 is 14.2 Å². The summed E-state index contributed by atoms with van der Waals surface area (Å²) in [6.45, 7) is 3.14. The lowest BCUT2D eigenvalue weighted by Crippen LogP contribution is -2.15. The molecule has 0 radical (unpaired) electrons. The van der Waals surface area contributed by atoms with Crippen LogP contribution in [0, 0.1) is 0 Å². The third-order valence-corrected chi connectivity index (χ3v) is 4.72. The first-order valence-corrected chi connectivity index (χ1v) is 9.98. The summed E-state index contributed by atoms with van der Waals surface area (Å²) in [5.41, 5.74) is 1.99. The van der Waals surface area contributed by atoms with Crippen LogP contribution in [0.2, 0.25) is 5.02 Å². The fourth-order valence-corrected chi connectivity index (χ4v) is 3.06. The second-order valence-electron chi connectivity index (χ2n) is 6.40. The predicted octanol–water partition coefficient (Wildman–Crippen LogP) is 4.06. The van der Waals surface area contributed by atoms with Gasteiger partial charge < -0.3 is 19.5 Å². The van der Waals surface area contributed by atoms with Gasteiger partial charge in [-0.3, -0.25) is 4.79 Å². The van der Waals surface area contributed by atoms with Crippen LogP contribution in [0.5, 0.6) is 17.4 Å². The molecule has 0 unspecified atom stereocenters. The van der Waals surface area contributed by atoms with Gasteiger partial charge in [0.25, 0.3) is 11.4 Å². The van der Waals surface area contributed by atoms with Crippen LogP contribution in [0.15, 0.2) is 53.3 Å². The molecule has 0 aliphatic heterocycles. The summed E-state index contributed by atoms with van der Waals surface area (Å²) in [5.74, 6) is 1.54. The molecule has 0 bridgehead atoms. The van der Waals surface area contributed by atoms with Crippen LogP contribution < -0.4 is 25.1 Å². The minimum absolute atomic E-state index is 0.00120. The lowest BCUT2D eigenvalue weighted by molar-refractivity contribution is 0.297. The largest absolute Gasteiger partial charge is 0.493 e. The standard InChI is InChI=1S/C22H24ClN3O4/c1-3-29-22-20(19(23)21(27)25-26-22)24-14-16-9-10-17(28-2)18(13-16)30-12-11-15-7-5-4-6-8-15/h4-10,13H,3,11-12,14H2,1-2H3,(H2,24,25,27). The fraction of sp³-hybridized carbons (Fsp3) is 0.273. The van der Waals surface area contributed by atoms with Crippen molar-refractivity contribution in [3.8, 4) is 17.4 Å². The lowest BCUT2D eigenvalue weighted by atomic mass is 10.1. The Hall–Kier alpha value is -3.19. The number of nitrogens with zero attached hydrogens (tertiary/aromatic N) is 1. The van der Waals surface area contributed by atoms with E-state index in [4.69, 9.17) is 25.8 Å². The van der Waals surface area contributed by atoms with Crippen LogP contribution in [-0.4, -0.2) is 30.5 Å². The van der Waals surface area contributed by atoms with E-state index in [2.05, 4.69) is 27.6 Å². The van der Waals surface area contributed by atoms with Crippen molar-refractivity contribution >= 4 is 17.3 Å². The van der Waals surface area contributed by atoms with Crippen LogP contribution in [0.1, 0.15) is 18.1 Å². The SMILES string of the molecule is CCOc1n[nH]c(=O)c(Cl)c1NCc1ccc(OC)c(OCCc2ccccc2)c1. The number of ether oxygens (including phenoxy) is 3. The minimum atomic E-state index is -0.484. The Balaban J connectivity index is 1.71. The number of methoxy groups -OCH3 is 1. The molecule has 8 heteroatoms. The molecule has 0 fully saturated rings. The Labute approximate surface area is 179 Å². The molecule has 2 N–H and O–H groups in total. The van der Waals surface area contributed by atoms with Crippen molar-refractivity contribution in [2.24, 2.45) is 0 Å². The van der Waals surface area contributed by atoms with E-state index < -0.39 is 5.56 Å². The van der Waals surface area contributed by atoms with Gasteiger partial charge in [0.1, 0.15) is 10.7 Å². The number of aromatic amines is 1. The minimum Gasteiger partial charge on any atom is -0.493 e. The van der Waals surface area contributed by atoms with E-state index in [0.29, 0.717) is 36.9 Å². The molecule has 1 heterocycles. The zero-order chi connectivity index (χ0) is 21.3. The molecule has 0 saturated carbocycles. The summed E-state index contributed by atoms with van der Waals surface area (Å²) in [7, 11) is 1.60. The van der Waals surface area contributed by atoms with Gasteiger partial charge in [-0.1, -0.05) is 48.0 Å². The number of hydrogen-bond donors (Lipinski definition) is 2. The summed E-state index contributed by atoms with van der Waals surface area (Å²) in [5, 5.41) is 9.35. The molecule has 7 nitrogen and oxygen atoms in total. The van der Waals surface area contributed by atoms with Gasteiger partial charge in [-0.25, -0.2) is 5.10 Å². The third-order valence-electron chi connectivity index (χ3n) is 4.36. The van der Waals surface area contributed by atoms with Gasteiger partial charge in [-0.2, -0.15) is 0 Å². The van der Waals surface area contributed by atoms with E-state index >= 15 is 0 Å². The Morgan fingerprint density at radius 2 is 1.87 bits per heavy atom. The maximum absolute atomic E-state index is 11.8. The van der Waals surface area contributed by atoms with Crippen LogP contribution >= 0.6 is 11.6 Å². The highest BCUT2D eigenvalue weighted by molar-refractivity contribution is 6.33. The average molecular weight is 430 g/mol. The topological polar surface area (TPSA) is 85.5 Å². The van der Waals surface area contributed by atoms with Crippen molar-refractivity contribution in [2.45, 2.75) is 19.9 Å². The van der Waals surface area contributed by atoms with Gasteiger partial charge in [-0.05, 0) is 30.2 Å². The van der Waals surface area contributed by atoms with Gasteiger partial charge in [0, 0.05) is 13.0 Å². The van der Waals surface area contributed by atoms with E-state index in [1.807, 2.05) is 43.3 Å². The van der Waals surface area contributed by atoms with Gasteiger partial charge in [0.05, 0.1) is 20.3 Å². The highest BCUT2D eigenvalue weighted by Crippen LogP contribution is 2.30. The molecule has 0 aliphatic carbocycles. The smallest absolute Gasteiger partial charge is 0.285 e. The molecule has 3 rings (SSSR count). The number of anilines is 1. The second-order valence-corrected chi connectivity index (χ2v) is 6.78. The quantitative estimate of drug-likeness (QED) is 0.505. The van der Waals surface area contributed by atoms with Crippen molar-refractivity contribution in [1.82, 2.24) is 10.2 Å². The summed E-state index contributed by atoms with van der Waals surface area (Å²) >= 11 is 6.14. The molecular formula is C22H24ClN3O4. The molecule has 0 aliphatic rings. The van der Waals surface area contributed by atoms with Gasteiger partial charge >= 0.3 is 0 Å². The van der Waals surface area contributed by atoms with Crippen LogP contribution in [0.3, 0.4) is 0 Å². The molecule has 0 saturated heterocycles. The number of H-pyrrole nitrogens is 1. The number of rotatable bonds is 10. The van der Waals surface area contributed by atoms with Gasteiger partial charge in [-0.15, -0.1) is 5.10 Å². The number of nitrogens with one attached hydrogen (secondary N) is 2. The normalized spacial score (nSPS) is 10.5. The Morgan fingerprint density at radius 3 is 2.60 bits per heavy atom. The molecule has 0 spiro atoms. The summed E-state index contributed by atoms with van der Waals surface area (Å²) in [6, 6.07) is 15.8. The molecule has 1 aromatic heterocycles. The van der Waals surface area contributed by atoms with E-state index in [9.17, 15) is 4.79 Å². The molecule has 30 heavy (non-hydrogen) atoms. The first-order valence-electron chi connectivity index (χ1n) is 9.60. The van der Waals surface area contributed by atoms with E-state index in [1.54, 1.807) is 7.11 Å². The van der Waals surface area contributed by atoms with Crippen molar-refractivity contribution in [3.63, 3.8) is 0 Å². The predicted molar refractivity (Wildman–Crippen MR) is 117 cm³/mol. The summed E-state index contributed by atoms with van der Waals surface area (Å²) < 4.78 is 16.8. The zero-order valence-electron chi connectivity index (χ0n) is 16.9. The van der Waals surface area contributed by atoms with E-state index in [0.717, 1.165) is 12.0 Å². The van der Waals surface area contributed by atoms with Gasteiger partial charge in [0.2, 0.25) is 0 Å². The number of halogens is 1. The van der Waals surface area contributed by atoms with Crippen molar-refractivity contribution in [3.05, 3.63) is 75.0 Å². The fourth-order valence-electron chi connectivity index (χ4n) is 2.87. The number of hydrogen-bond acceptors (Lipinski definition) is 6. The molecule has 0 atom stereocenters. The van der Waals surface area contributed by atoms with Crippen molar-refractivity contribution in [2.75, 3.05) is 25.6 Å². The van der Waals surface area contributed by atoms with Crippen molar-refractivity contribution in [1.29, 1.82) is 0 Å². The molecular weight excluding hydrogens is 406 g/mol. The number of benzene rings is 2. The second kappa shape index (κ2) is 10.5. The molecule has 0 amide bonds. The third kappa shape index (κ3) is 5.45. The van der Waals surface area contributed by atoms with Crippen LogP contribution in [-0.2, 0) is 13.0 Å². The van der Waals surface area contributed by atoms with E-state index in [-0.39, 0.29) is 10.9 Å². The maximum atomic E-state index is 11.8. The monoisotopic (exact) mass is 429 g/mol. The Morgan fingerprint density at radius 1 is 1.07 bits per heavy atom. The molecule has 2 aromatic carbocycles. The number of aromatic nitrogens is 2. The molecule has 3 aromatic rings. The summed E-state index contributed by atoms with van der Waals surface area (Å²) in [6.07, 6.45) is 0.790. The Bertz CT molecular complexity index is 1020. The van der Waals surface area contributed by atoms with Crippen LogP contribution in [0.25, 0.3) is 0 Å². The van der Waals surface area contributed by atoms with Gasteiger partial charge in [0.15, 0.2) is 11.5 Å². The first kappa shape index (κ1) is 21.5. The highest BCUT2D eigenvalue weighted by atomic mass is 35.5. The van der Waals surface area contributed by atoms with Crippen LogP contribution in [0.4, 0.5) is 5.69 Å². The highest BCUT2D eigenvalue weighted by Gasteiger charge is 2.14. The average Bonchev–Trinajstić information content (AvgIpc) is 2.77. The van der Waals surface area contributed by atoms with E-state index in [1.165, 1.54) is 5.56 Å². The lowest BCUT2D eigenvalue weighted by Gasteiger charge is -2.15. The Kier molecular flexibility index (Phi) is 7.57. The first-order chi connectivity index (χ1) is 14.6.